The lowest BCUT2D eigenvalue weighted by Crippen LogP contribution is -2.16. The van der Waals surface area contributed by atoms with Gasteiger partial charge < -0.3 is 5.73 Å². The van der Waals surface area contributed by atoms with Crippen LogP contribution >= 0.6 is 0 Å². The van der Waals surface area contributed by atoms with E-state index in [1.54, 1.807) is 42.6 Å². The SMILES string of the molecule is Nc1ccccc1CS(=O)(=O)Nc1cccc2[nH]ncc12. The smallest absolute Gasteiger partial charge is 0.237 e. The summed E-state index contributed by atoms with van der Waals surface area (Å²) in [5, 5.41) is 7.43. The second-order valence-electron chi connectivity index (χ2n) is 4.70. The molecule has 0 spiro atoms. The number of hydrogen-bond acceptors (Lipinski definition) is 4. The molecule has 108 valence electrons. The first kappa shape index (κ1) is 13.4. The van der Waals surface area contributed by atoms with E-state index in [0.717, 1.165) is 10.9 Å². The lowest BCUT2D eigenvalue weighted by atomic mass is 10.2. The summed E-state index contributed by atoms with van der Waals surface area (Å²) < 4.78 is 27.2. The second kappa shape index (κ2) is 5.10. The maximum atomic E-state index is 12.3. The van der Waals surface area contributed by atoms with E-state index in [9.17, 15) is 8.42 Å². The number of rotatable bonds is 4. The molecule has 0 aliphatic heterocycles. The highest BCUT2D eigenvalue weighted by atomic mass is 32.2. The van der Waals surface area contributed by atoms with Gasteiger partial charge in [0.1, 0.15) is 0 Å². The number of hydrogen-bond donors (Lipinski definition) is 3. The number of sulfonamides is 1. The van der Waals surface area contributed by atoms with Gasteiger partial charge in [0, 0.05) is 11.1 Å². The molecule has 7 heteroatoms. The minimum absolute atomic E-state index is 0.173. The molecule has 1 aromatic heterocycles. The van der Waals surface area contributed by atoms with E-state index < -0.39 is 10.0 Å². The first-order valence-corrected chi connectivity index (χ1v) is 7.96. The van der Waals surface area contributed by atoms with Crippen LogP contribution in [0.2, 0.25) is 0 Å². The van der Waals surface area contributed by atoms with Gasteiger partial charge in [0.15, 0.2) is 0 Å². The van der Waals surface area contributed by atoms with Crippen molar-refractivity contribution >= 4 is 32.3 Å². The van der Waals surface area contributed by atoms with Gasteiger partial charge in [0.25, 0.3) is 0 Å². The first-order valence-electron chi connectivity index (χ1n) is 6.31. The van der Waals surface area contributed by atoms with E-state index >= 15 is 0 Å². The molecule has 0 radical (unpaired) electrons. The molecule has 4 N–H and O–H groups in total. The number of benzene rings is 2. The topological polar surface area (TPSA) is 101 Å². The number of aromatic nitrogens is 2. The minimum atomic E-state index is -3.55. The Balaban J connectivity index is 1.90. The maximum Gasteiger partial charge on any atom is 0.237 e. The van der Waals surface area contributed by atoms with Crippen LogP contribution in [0.25, 0.3) is 10.9 Å². The van der Waals surface area contributed by atoms with Crippen LogP contribution in [0.15, 0.2) is 48.7 Å². The zero-order chi connectivity index (χ0) is 14.9. The van der Waals surface area contributed by atoms with Crippen LogP contribution in [0, 0.1) is 0 Å². The predicted octanol–water partition coefficient (Wildman–Crippen LogP) is 2.09. The van der Waals surface area contributed by atoms with Crippen molar-refractivity contribution in [2.45, 2.75) is 5.75 Å². The Morgan fingerprint density at radius 2 is 1.95 bits per heavy atom. The van der Waals surface area contributed by atoms with Crippen molar-refractivity contribution in [3.8, 4) is 0 Å². The fourth-order valence-electron chi connectivity index (χ4n) is 2.13. The van der Waals surface area contributed by atoms with Crippen molar-refractivity contribution in [1.82, 2.24) is 10.2 Å². The number of anilines is 2. The lowest BCUT2D eigenvalue weighted by Gasteiger charge is -2.10. The summed E-state index contributed by atoms with van der Waals surface area (Å²) >= 11 is 0. The van der Waals surface area contributed by atoms with Crippen LogP contribution in [0.1, 0.15) is 5.56 Å². The summed E-state index contributed by atoms with van der Waals surface area (Å²) in [4.78, 5) is 0. The van der Waals surface area contributed by atoms with Gasteiger partial charge in [0.2, 0.25) is 10.0 Å². The molecule has 1 heterocycles. The van der Waals surface area contributed by atoms with Crippen LogP contribution in [0.4, 0.5) is 11.4 Å². The van der Waals surface area contributed by atoms with E-state index in [-0.39, 0.29) is 5.75 Å². The molecule has 0 unspecified atom stereocenters. The third-order valence-electron chi connectivity index (χ3n) is 3.15. The molecule has 2 aromatic carbocycles. The summed E-state index contributed by atoms with van der Waals surface area (Å²) in [7, 11) is -3.55. The van der Waals surface area contributed by atoms with Gasteiger partial charge in [0.05, 0.1) is 23.2 Å². The van der Waals surface area contributed by atoms with Crippen molar-refractivity contribution < 1.29 is 8.42 Å². The number of fused-ring (bicyclic) bond motifs is 1. The summed E-state index contributed by atoms with van der Waals surface area (Å²) in [5.74, 6) is -0.173. The van der Waals surface area contributed by atoms with Gasteiger partial charge in [-0.2, -0.15) is 5.10 Å². The van der Waals surface area contributed by atoms with Gasteiger partial charge in [-0.3, -0.25) is 9.82 Å². The minimum Gasteiger partial charge on any atom is -0.398 e. The number of nitrogen functional groups attached to an aromatic ring is 1. The molecule has 3 aromatic rings. The second-order valence-corrected chi connectivity index (χ2v) is 6.42. The Kier molecular flexibility index (Phi) is 3.26. The Morgan fingerprint density at radius 1 is 1.14 bits per heavy atom. The summed E-state index contributed by atoms with van der Waals surface area (Å²) in [6, 6.07) is 12.2. The van der Waals surface area contributed by atoms with E-state index in [2.05, 4.69) is 14.9 Å². The summed E-state index contributed by atoms with van der Waals surface area (Å²) in [6.45, 7) is 0. The summed E-state index contributed by atoms with van der Waals surface area (Å²) in [6.07, 6.45) is 1.59. The highest BCUT2D eigenvalue weighted by molar-refractivity contribution is 7.91. The number of H-pyrrole nitrogens is 1. The standard InChI is InChI=1S/C14H14N4O2S/c15-12-5-2-1-4-10(12)9-21(19,20)18-14-7-3-6-13-11(14)8-16-17-13/h1-8,18H,9,15H2,(H,16,17). The zero-order valence-corrected chi connectivity index (χ0v) is 11.9. The van der Waals surface area contributed by atoms with E-state index in [4.69, 9.17) is 5.73 Å². The van der Waals surface area contributed by atoms with E-state index in [0.29, 0.717) is 16.9 Å². The van der Waals surface area contributed by atoms with Crippen molar-refractivity contribution in [3.05, 3.63) is 54.2 Å². The summed E-state index contributed by atoms with van der Waals surface area (Å²) in [5.41, 5.74) is 8.09. The number of aromatic amines is 1. The van der Waals surface area contributed by atoms with Crippen molar-refractivity contribution in [3.63, 3.8) is 0 Å². The van der Waals surface area contributed by atoms with Gasteiger partial charge >= 0.3 is 0 Å². The highest BCUT2D eigenvalue weighted by Gasteiger charge is 2.15. The molecule has 0 atom stereocenters. The number of nitrogens with two attached hydrogens (primary N) is 1. The first-order chi connectivity index (χ1) is 10.1. The third-order valence-corrected chi connectivity index (χ3v) is 4.37. The van der Waals surface area contributed by atoms with Crippen LogP contribution in [0.3, 0.4) is 0 Å². The molecule has 21 heavy (non-hydrogen) atoms. The maximum absolute atomic E-state index is 12.3. The van der Waals surface area contributed by atoms with E-state index in [1.807, 2.05) is 6.07 Å². The van der Waals surface area contributed by atoms with Crippen molar-refractivity contribution in [2.75, 3.05) is 10.5 Å². The molecule has 0 aliphatic carbocycles. The molecule has 0 fully saturated rings. The van der Waals surface area contributed by atoms with Gasteiger partial charge in [-0.25, -0.2) is 8.42 Å². The lowest BCUT2D eigenvalue weighted by molar-refractivity contribution is 0.600. The average Bonchev–Trinajstić information content (AvgIpc) is 2.90. The number of nitrogens with zero attached hydrogens (tertiary/aromatic N) is 1. The Morgan fingerprint density at radius 3 is 2.76 bits per heavy atom. The molecular formula is C14H14N4O2S. The molecule has 6 nitrogen and oxygen atoms in total. The Hall–Kier alpha value is -2.54. The molecule has 0 bridgehead atoms. The van der Waals surface area contributed by atoms with Crippen molar-refractivity contribution in [1.29, 1.82) is 0 Å². The van der Waals surface area contributed by atoms with Gasteiger partial charge in [-0.05, 0) is 23.8 Å². The van der Waals surface area contributed by atoms with Crippen LogP contribution in [-0.4, -0.2) is 18.6 Å². The Labute approximate surface area is 122 Å². The van der Waals surface area contributed by atoms with Gasteiger partial charge in [-0.1, -0.05) is 24.3 Å². The molecule has 0 amide bonds. The Bertz CT molecular complexity index is 887. The highest BCUT2D eigenvalue weighted by Crippen LogP contribution is 2.23. The number of para-hydroxylation sites is 1. The zero-order valence-electron chi connectivity index (χ0n) is 11.1. The van der Waals surface area contributed by atoms with E-state index in [1.165, 1.54) is 0 Å². The fraction of sp³-hybridized carbons (Fsp3) is 0.0714. The molecular weight excluding hydrogens is 288 g/mol. The predicted molar refractivity (Wildman–Crippen MR) is 83.2 cm³/mol. The molecule has 3 rings (SSSR count). The molecule has 0 aliphatic rings. The third kappa shape index (κ3) is 2.82. The van der Waals surface area contributed by atoms with Crippen LogP contribution < -0.4 is 10.5 Å². The fourth-order valence-corrected chi connectivity index (χ4v) is 3.39. The monoisotopic (exact) mass is 302 g/mol. The van der Waals surface area contributed by atoms with Crippen LogP contribution in [0.5, 0.6) is 0 Å². The average molecular weight is 302 g/mol. The molecule has 0 saturated heterocycles. The van der Waals surface area contributed by atoms with Gasteiger partial charge in [-0.15, -0.1) is 0 Å². The van der Waals surface area contributed by atoms with Crippen LogP contribution in [-0.2, 0) is 15.8 Å². The van der Waals surface area contributed by atoms with Crippen molar-refractivity contribution in [2.24, 2.45) is 0 Å². The number of nitrogens with one attached hydrogen (secondary N) is 2. The quantitative estimate of drug-likeness (QED) is 0.642. The normalized spacial score (nSPS) is 11.6. The molecule has 0 saturated carbocycles. The largest absolute Gasteiger partial charge is 0.398 e.